The van der Waals surface area contributed by atoms with Gasteiger partial charge in [0.1, 0.15) is 11.5 Å². The number of methoxy groups -OCH3 is 1. The van der Waals surface area contributed by atoms with Gasteiger partial charge in [-0.1, -0.05) is 0 Å². The molecule has 0 bridgehead atoms. The van der Waals surface area contributed by atoms with Crippen molar-refractivity contribution in [1.82, 2.24) is 0 Å². The van der Waals surface area contributed by atoms with Crippen LogP contribution in [0.25, 0.3) is 0 Å². The lowest BCUT2D eigenvalue weighted by Gasteiger charge is -2.10. The SMILES string of the molecule is COc1ccc(O)c(NC(=O)C(F)(F)F)c1. The molecular formula is C9H8F3NO3. The number of phenols is 1. The molecule has 0 aromatic heterocycles. The minimum absolute atomic E-state index is 0.218. The van der Waals surface area contributed by atoms with E-state index in [1.165, 1.54) is 18.5 Å². The Kier molecular flexibility index (Phi) is 3.26. The fourth-order valence-electron chi connectivity index (χ4n) is 0.935. The highest BCUT2D eigenvalue weighted by molar-refractivity contribution is 5.96. The number of phenolic OH excluding ortho intramolecular Hbond substituents is 1. The number of benzene rings is 1. The number of carbonyl (C=O) groups is 1. The second kappa shape index (κ2) is 4.30. The zero-order chi connectivity index (χ0) is 12.3. The molecule has 0 radical (unpaired) electrons. The molecule has 0 aliphatic carbocycles. The van der Waals surface area contributed by atoms with E-state index in [1.54, 1.807) is 0 Å². The molecule has 1 aromatic carbocycles. The molecule has 0 unspecified atom stereocenters. The van der Waals surface area contributed by atoms with E-state index in [0.717, 1.165) is 12.1 Å². The number of anilines is 1. The quantitative estimate of drug-likeness (QED) is 0.769. The largest absolute Gasteiger partial charge is 0.506 e. The molecule has 0 aliphatic rings. The number of nitrogens with one attached hydrogen (secondary N) is 1. The van der Waals surface area contributed by atoms with Gasteiger partial charge in [-0.2, -0.15) is 13.2 Å². The van der Waals surface area contributed by atoms with Gasteiger partial charge in [-0.3, -0.25) is 4.79 Å². The van der Waals surface area contributed by atoms with E-state index in [0.29, 0.717) is 0 Å². The molecule has 0 heterocycles. The molecule has 7 heteroatoms. The lowest BCUT2D eigenvalue weighted by Crippen LogP contribution is -2.29. The summed E-state index contributed by atoms with van der Waals surface area (Å²) in [5.41, 5.74) is -0.360. The molecule has 0 fully saturated rings. The van der Waals surface area contributed by atoms with Gasteiger partial charge in [0.25, 0.3) is 0 Å². The average molecular weight is 235 g/mol. The van der Waals surface area contributed by atoms with Crippen LogP contribution in [0, 0.1) is 0 Å². The fraction of sp³-hybridized carbons (Fsp3) is 0.222. The van der Waals surface area contributed by atoms with Crippen LogP contribution >= 0.6 is 0 Å². The minimum atomic E-state index is -5.00. The van der Waals surface area contributed by atoms with E-state index in [2.05, 4.69) is 0 Å². The molecule has 1 amide bonds. The molecule has 16 heavy (non-hydrogen) atoms. The molecule has 88 valence electrons. The predicted molar refractivity (Wildman–Crippen MR) is 49.3 cm³/mol. The van der Waals surface area contributed by atoms with Gasteiger partial charge in [0.05, 0.1) is 12.8 Å². The third-order valence-electron chi connectivity index (χ3n) is 1.71. The summed E-state index contributed by atoms with van der Waals surface area (Å²) in [4.78, 5) is 10.6. The first-order valence-corrected chi connectivity index (χ1v) is 4.10. The van der Waals surface area contributed by atoms with Crippen LogP contribution in [0.5, 0.6) is 11.5 Å². The highest BCUT2D eigenvalue weighted by Crippen LogP contribution is 2.29. The summed E-state index contributed by atoms with van der Waals surface area (Å²) < 4.78 is 40.5. The van der Waals surface area contributed by atoms with Crippen molar-refractivity contribution >= 4 is 11.6 Å². The van der Waals surface area contributed by atoms with Crippen LogP contribution in [0.15, 0.2) is 18.2 Å². The van der Waals surface area contributed by atoms with Gasteiger partial charge in [-0.15, -0.1) is 0 Å². The van der Waals surface area contributed by atoms with Crippen LogP contribution in [0.2, 0.25) is 0 Å². The molecule has 2 N–H and O–H groups in total. The van der Waals surface area contributed by atoms with Crippen molar-refractivity contribution in [2.45, 2.75) is 6.18 Å². The second-order valence-electron chi connectivity index (χ2n) is 2.83. The molecular weight excluding hydrogens is 227 g/mol. The van der Waals surface area contributed by atoms with Crippen LogP contribution in [-0.2, 0) is 4.79 Å². The summed E-state index contributed by atoms with van der Waals surface area (Å²) >= 11 is 0. The lowest BCUT2D eigenvalue weighted by molar-refractivity contribution is -0.167. The third-order valence-corrected chi connectivity index (χ3v) is 1.71. The molecule has 1 aromatic rings. The van der Waals surface area contributed by atoms with Crippen LogP contribution in [-0.4, -0.2) is 24.3 Å². The number of carbonyl (C=O) groups excluding carboxylic acids is 1. The molecule has 1 rings (SSSR count). The predicted octanol–water partition coefficient (Wildman–Crippen LogP) is 1.90. The maximum absolute atomic E-state index is 11.9. The Hall–Kier alpha value is -1.92. The summed E-state index contributed by atoms with van der Waals surface area (Å²) in [5.74, 6) is -2.41. The monoisotopic (exact) mass is 235 g/mol. The maximum atomic E-state index is 11.9. The van der Waals surface area contributed by atoms with Crippen LogP contribution in [0.3, 0.4) is 0 Å². The Balaban J connectivity index is 2.92. The second-order valence-corrected chi connectivity index (χ2v) is 2.83. The molecule has 0 saturated carbocycles. The summed E-state index contributed by atoms with van der Waals surface area (Å²) in [6.45, 7) is 0. The number of rotatable bonds is 2. The first-order valence-electron chi connectivity index (χ1n) is 4.10. The van der Waals surface area contributed by atoms with Crippen molar-refractivity contribution in [3.05, 3.63) is 18.2 Å². The first-order chi connectivity index (χ1) is 7.34. The van der Waals surface area contributed by atoms with Gasteiger partial charge in [0, 0.05) is 6.07 Å². The summed E-state index contributed by atoms with van der Waals surface area (Å²) in [6, 6.07) is 3.54. The number of aromatic hydroxyl groups is 1. The van der Waals surface area contributed by atoms with E-state index in [1.807, 2.05) is 0 Å². The van der Waals surface area contributed by atoms with Crippen molar-refractivity contribution in [3.63, 3.8) is 0 Å². The highest BCUT2D eigenvalue weighted by atomic mass is 19.4. The first kappa shape index (κ1) is 12.2. The van der Waals surface area contributed by atoms with Crippen LogP contribution < -0.4 is 10.1 Å². The summed E-state index contributed by atoms with van der Waals surface area (Å²) in [6.07, 6.45) is -5.00. The number of ether oxygens (including phenoxy) is 1. The summed E-state index contributed by atoms with van der Waals surface area (Å²) in [7, 11) is 1.31. The molecule has 0 atom stereocenters. The van der Waals surface area contributed by atoms with Gasteiger partial charge in [-0.05, 0) is 12.1 Å². The van der Waals surface area contributed by atoms with E-state index >= 15 is 0 Å². The van der Waals surface area contributed by atoms with E-state index < -0.39 is 17.8 Å². The Bertz CT molecular complexity index is 403. The fourth-order valence-corrected chi connectivity index (χ4v) is 0.935. The Labute approximate surface area is 88.6 Å². The minimum Gasteiger partial charge on any atom is -0.506 e. The lowest BCUT2D eigenvalue weighted by atomic mass is 10.2. The van der Waals surface area contributed by atoms with Gasteiger partial charge >= 0.3 is 12.1 Å². The van der Waals surface area contributed by atoms with Crippen molar-refractivity contribution in [1.29, 1.82) is 0 Å². The molecule has 4 nitrogen and oxygen atoms in total. The number of halogens is 3. The van der Waals surface area contributed by atoms with Crippen molar-refractivity contribution in [2.75, 3.05) is 12.4 Å². The zero-order valence-electron chi connectivity index (χ0n) is 8.13. The maximum Gasteiger partial charge on any atom is 0.471 e. The Morgan fingerprint density at radius 3 is 2.56 bits per heavy atom. The van der Waals surface area contributed by atoms with E-state index in [9.17, 15) is 23.1 Å². The van der Waals surface area contributed by atoms with Gasteiger partial charge < -0.3 is 15.2 Å². The number of alkyl halides is 3. The van der Waals surface area contributed by atoms with E-state index in [-0.39, 0.29) is 11.4 Å². The smallest absolute Gasteiger partial charge is 0.471 e. The average Bonchev–Trinajstić information content (AvgIpc) is 2.19. The van der Waals surface area contributed by atoms with Crippen molar-refractivity contribution in [2.24, 2.45) is 0 Å². The van der Waals surface area contributed by atoms with Crippen LogP contribution in [0.1, 0.15) is 0 Å². The van der Waals surface area contributed by atoms with Gasteiger partial charge in [0.2, 0.25) is 0 Å². The van der Waals surface area contributed by atoms with E-state index in [4.69, 9.17) is 4.74 Å². The molecule has 0 saturated heterocycles. The number of hydrogen-bond acceptors (Lipinski definition) is 3. The third kappa shape index (κ3) is 2.78. The Morgan fingerprint density at radius 1 is 1.44 bits per heavy atom. The Morgan fingerprint density at radius 2 is 2.06 bits per heavy atom. The topological polar surface area (TPSA) is 58.6 Å². The number of hydrogen-bond donors (Lipinski definition) is 2. The highest BCUT2D eigenvalue weighted by Gasteiger charge is 2.39. The molecule has 0 spiro atoms. The summed E-state index contributed by atoms with van der Waals surface area (Å²) in [5, 5.41) is 10.7. The van der Waals surface area contributed by atoms with Gasteiger partial charge in [0.15, 0.2) is 0 Å². The molecule has 0 aliphatic heterocycles. The van der Waals surface area contributed by atoms with Crippen LogP contribution in [0.4, 0.5) is 18.9 Å². The van der Waals surface area contributed by atoms with Crippen molar-refractivity contribution in [3.8, 4) is 11.5 Å². The van der Waals surface area contributed by atoms with Gasteiger partial charge in [-0.25, -0.2) is 0 Å². The number of amides is 1. The zero-order valence-corrected chi connectivity index (χ0v) is 8.13. The standard InChI is InChI=1S/C9H8F3NO3/c1-16-5-2-3-7(14)6(4-5)13-8(15)9(10,11)12/h2-4,14H,1H3,(H,13,15). The van der Waals surface area contributed by atoms with Crippen molar-refractivity contribution < 1.29 is 27.8 Å². The normalized spacial score (nSPS) is 11.0.